The molecule has 0 atom stereocenters. The van der Waals surface area contributed by atoms with E-state index in [2.05, 4.69) is 9.05 Å². The molecule has 48 valence electrons. The van der Waals surface area contributed by atoms with Gasteiger partial charge in [-0.2, -0.15) is 0 Å². The summed E-state index contributed by atoms with van der Waals surface area (Å²) in [5, 5.41) is 0. The van der Waals surface area contributed by atoms with Crippen LogP contribution in [0.5, 0.6) is 0 Å². The van der Waals surface area contributed by atoms with Gasteiger partial charge in [0.25, 0.3) is 0 Å². The molecular weight excluding hydrogens is 131 g/mol. The summed E-state index contributed by atoms with van der Waals surface area (Å²) in [5.41, 5.74) is 0. The zero-order chi connectivity index (χ0) is 6.41. The van der Waals surface area contributed by atoms with Crippen molar-refractivity contribution >= 4 is 7.82 Å². The third-order valence-corrected chi connectivity index (χ3v) is 2.01. The molecule has 0 aliphatic carbocycles. The maximum Gasteiger partial charge on any atom is 0.477 e. The van der Waals surface area contributed by atoms with Gasteiger partial charge in [-0.1, -0.05) is 0 Å². The molecule has 0 aromatic carbocycles. The lowest BCUT2D eigenvalue weighted by Crippen LogP contribution is -2.35. The highest BCUT2D eigenvalue weighted by Gasteiger charge is 2.48. The number of hydrogen-bond acceptors (Lipinski definition) is 3. The molecule has 1 N–H and O–H groups in total. The molecule has 4 nitrogen and oxygen atoms in total. The first-order chi connectivity index (χ1) is 3.41. The summed E-state index contributed by atoms with van der Waals surface area (Å²) in [4.78, 5) is 8.36. The third-order valence-electron chi connectivity index (χ3n) is 0.670. The summed E-state index contributed by atoms with van der Waals surface area (Å²) >= 11 is 0. The highest BCUT2D eigenvalue weighted by atomic mass is 31.2. The molecule has 1 aliphatic rings. The van der Waals surface area contributed by atoms with Crippen molar-refractivity contribution in [2.45, 2.75) is 19.6 Å². The van der Waals surface area contributed by atoms with E-state index in [0.717, 1.165) is 0 Å². The van der Waals surface area contributed by atoms with Crippen molar-refractivity contribution in [2.75, 3.05) is 0 Å². The Morgan fingerprint density at radius 2 is 1.88 bits per heavy atom. The molecule has 1 heterocycles. The maximum atomic E-state index is 10.2. The molecule has 0 aromatic rings. The van der Waals surface area contributed by atoms with E-state index in [1.165, 1.54) is 0 Å². The number of phosphoric acid groups is 1. The van der Waals surface area contributed by atoms with Gasteiger partial charge in [-0.05, 0) is 13.8 Å². The Morgan fingerprint density at radius 3 is 1.88 bits per heavy atom. The van der Waals surface area contributed by atoms with E-state index in [4.69, 9.17) is 4.89 Å². The molecule has 0 amide bonds. The van der Waals surface area contributed by atoms with Crippen LogP contribution < -0.4 is 0 Å². The molecule has 0 radical (unpaired) electrons. The first kappa shape index (κ1) is 6.23. The summed E-state index contributed by atoms with van der Waals surface area (Å²) in [6.07, 6.45) is 0. The van der Waals surface area contributed by atoms with Crippen molar-refractivity contribution in [1.82, 2.24) is 0 Å². The van der Waals surface area contributed by atoms with E-state index in [9.17, 15) is 4.57 Å². The first-order valence-corrected chi connectivity index (χ1v) is 3.65. The van der Waals surface area contributed by atoms with Crippen LogP contribution in [0.25, 0.3) is 0 Å². The van der Waals surface area contributed by atoms with Gasteiger partial charge in [0.1, 0.15) is 0 Å². The quantitative estimate of drug-likeness (QED) is 0.504. The minimum atomic E-state index is -3.59. The fourth-order valence-corrected chi connectivity index (χ4v) is 1.69. The lowest BCUT2D eigenvalue weighted by molar-refractivity contribution is -0.190. The Bertz CT molecular complexity index is 139. The molecular formula is C3H7O4P. The van der Waals surface area contributed by atoms with Crippen LogP contribution in [0, 0.1) is 0 Å². The van der Waals surface area contributed by atoms with Gasteiger partial charge in [0.2, 0.25) is 0 Å². The average Bonchev–Trinajstić information content (AvgIpc) is 1.20. The number of phosphoric ester groups is 1. The molecule has 0 spiro atoms. The highest BCUT2D eigenvalue weighted by molar-refractivity contribution is 7.48. The summed E-state index contributed by atoms with van der Waals surface area (Å²) in [7, 11) is -3.59. The Hall–Kier alpha value is 0.110. The van der Waals surface area contributed by atoms with Gasteiger partial charge in [0.05, 0.1) is 0 Å². The SMILES string of the molecule is CC1(C)OP(=O)(O)O1. The van der Waals surface area contributed by atoms with Crippen LogP contribution in [0.1, 0.15) is 13.8 Å². The van der Waals surface area contributed by atoms with E-state index in [1.807, 2.05) is 0 Å². The van der Waals surface area contributed by atoms with Crippen LogP contribution >= 0.6 is 7.82 Å². The van der Waals surface area contributed by atoms with E-state index >= 15 is 0 Å². The van der Waals surface area contributed by atoms with Crippen molar-refractivity contribution in [3.63, 3.8) is 0 Å². The fourth-order valence-electron chi connectivity index (χ4n) is 0.562. The van der Waals surface area contributed by atoms with Gasteiger partial charge in [0, 0.05) is 0 Å². The zero-order valence-electron chi connectivity index (χ0n) is 4.62. The Morgan fingerprint density at radius 1 is 1.50 bits per heavy atom. The Kier molecular flexibility index (Phi) is 1.04. The first-order valence-electron chi connectivity index (χ1n) is 2.16. The molecule has 1 saturated heterocycles. The molecule has 5 heteroatoms. The largest absolute Gasteiger partial charge is 0.477 e. The maximum absolute atomic E-state index is 10.2. The molecule has 1 aliphatic heterocycles. The van der Waals surface area contributed by atoms with Gasteiger partial charge in [-0.25, -0.2) is 4.57 Å². The third kappa shape index (κ3) is 1.09. The van der Waals surface area contributed by atoms with Crippen LogP contribution in [0.4, 0.5) is 0 Å². The van der Waals surface area contributed by atoms with Gasteiger partial charge in [-0.3, -0.25) is 9.05 Å². The predicted octanol–water partition coefficient (Wildman–Crippen LogP) is 0.870. The second-order valence-corrected chi connectivity index (χ2v) is 3.35. The standard InChI is InChI=1S/C3H7O4P/c1-3(2)6-8(4,5)7-3/h1-2H3,(H,4,5). The minimum absolute atomic E-state index is 0.857. The zero-order valence-corrected chi connectivity index (χ0v) is 5.51. The van der Waals surface area contributed by atoms with Crippen LogP contribution in [0.2, 0.25) is 0 Å². The van der Waals surface area contributed by atoms with Crippen LogP contribution in [0.3, 0.4) is 0 Å². The Labute approximate surface area is 47.0 Å². The van der Waals surface area contributed by atoms with E-state index in [1.54, 1.807) is 13.8 Å². The van der Waals surface area contributed by atoms with Crippen LogP contribution in [-0.4, -0.2) is 10.7 Å². The molecule has 0 aromatic heterocycles. The highest BCUT2D eigenvalue weighted by Crippen LogP contribution is 2.60. The van der Waals surface area contributed by atoms with Gasteiger partial charge in [-0.15, -0.1) is 0 Å². The number of rotatable bonds is 0. The average molecular weight is 138 g/mol. The van der Waals surface area contributed by atoms with Crippen molar-refractivity contribution in [3.8, 4) is 0 Å². The second kappa shape index (κ2) is 1.33. The molecule has 0 unspecified atom stereocenters. The second-order valence-electron chi connectivity index (χ2n) is 2.05. The van der Waals surface area contributed by atoms with Crippen LogP contribution in [-0.2, 0) is 13.6 Å². The predicted molar refractivity (Wildman–Crippen MR) is 26.1 cm³/mol. The van der Waals surface area contributed by atoms with Crippen molar-refractivity contribution in [1.29, 1.82) is 0 Å². The molecule has 1 fully saturated rings. The summed E-state index contributed by atoms with van der Waals surface area (Å²) in [5.74, 6) is -0.857. The van der Waals surface area contributed by atoms with Gasteiger partial charge < -0.3 is 4.89 Å². The van der Waals surface area contributed by atoms with E-state index in [-0.39, 0.29) is 0 Å². The molecule has 0 bridgehead atoms. The van der Waals surface area contributed by atoms with Crippen molar-refractivity contribution in [2.24, 2.45) is 0 Å². The molecule has 0 saturated carbocycles. The lowest BCUT2D eigenvalue weighted by Gasteiger charge is -2.37. The van der Waals surface area contributed by atoms with Gasteiger partial charge >= 0.3 is 7.82 Å². The normalized spacial score (nSPS) is 31.4. The fraction of sp³-hybridized carbons (Fsp3) is 1.00. The van der Waals surface area contributed by atoms with Crippen molar-refractivity contribution < 1.29 is 18.5 Å². The monoisotopic (exact) mass is 138 g/mol. The minimum Gasteiger partial charge on any atom is -0.302 e. The lowest BCUT2D eigenvalue weighted by atomic mass is 10.4. The van der Waals surface area contributed by atoms with E-state index < -0.39 is 13.6 Å². The smallest absolute Gasteiger partial charge is 0.302 e. The molecule has 8 heavy (non-hydrogen) atoms. The molecule has 1 rings (SSSR count). The topological polar surface area (TPSA) is 55.8 Å². The van der Waals surface area contributed by atoms with Gasteiger partial charge in [0.15, 0.2) is 5.79 Å². The van der Waals surface area contributed by atoms with Crippen molar-refractivity contribution in [3.05, 3.63) is 0 Å². The van der Waals surface area contributed by atoms with E-state index in [0.29, 0.717) is 0 Å². The summed E-state index contributed by atoms with van der Waals surface area (Å²) < 4.78 is 19.0. The van der Waals surface area contributed by atoms with Crippen LogP contribution in [0.15, 0.2) is 0 Å². The Balaban J connectivity index is 2.55. The summed E-state index contributed by atoms with van der Waals surface area (Å²) in [6, 6.07) is 0. The number of hydrogen-bond donors (Lipinski definition) is 1. The summed E-state index contributed by atoms with van der Waals surface area (Å²) in [6.45, 7) is 3.14.